The molecule has 20 heavy (non-hydrogen) atoms. The first-order valence-corrected chi connectivity index (χ1v) is 7.31. The molecule has 112 valence electrons. The van der Waals surface area contributed by atoms with Crippen LogP contribution in [0.4, 0.5) is 17.1 Å². The highest BCUT2D eigenvalue weighted by Crippen LogP contribution is 2.32. The van der Waals surface area contributed by atoms with Crippen LogP contribution in [0.25, 0.3) is 0 Å². The van der Waals surface area contributed by atoms with Crippen LogP contribution in [-0.2, 0) is 0 Å². The largest absolute Gasteiger partial charge is 0.379 e. The van der Waals surface area contributed by atoms with Crippen molar-refractivity contribution in [1.82, 2.24) is 0 Å². The summed E-state index contributed by atoms with van der Waals surface area (Å²) in [6, 6.07) is 5.37. The van der Waals surface area contributed by atoms with E-state index in [1.54, 1.807) is 12.1 Å². The summed E-state index contributed by atoms with van der Waals surface area (Å²) in [7, 11) is 0. The topological polar surface area (TPSA) is 67.2 Å². The van der Waals surface area contributed by atoms with Gasteiger partial charge in [0.1, 0.15) is 11.4 Å². The molecule has 5 heteroatoms. The summed E-state index contributed by atoms with van der Waals surface area (Å²) in [5, 5.41) is 17.6. The normalized spacial score (nSPS) is 10.6. The molecule has 1 aromatic rings. The maximum absolute atomic E-state index is 11.3. The molecule has 0 aliphatic rings. The smallest absolute Gasteiger partial charge is 0.315 e. The monoisotopic (exact) mass is 279 g/mol. The maximum Gasteiger partial charge on any atom is 0.315 e. The van der Waals surface area contributed by atoms with Crippen LogP contribution >= 0.6 is 0 Å². The number of para-hydroxylation sites is 1. The van der Waals surface area contributed by atoms with E-state index in [2.05, 4.69) is 24.5 Å². The molecule has 0 aliphatic carbocycles. The molecule has 0 unspecified atom stereocenters. The van der Waals surface area contributed by atoms with Gasteiger partial charge in [-0.05, 0) is 37.3 Å². The summed E-state index contributed by atoms with van der Waals surface area (Å²) >= 11 is 0. The van der Waals surface area contributed by atoms with Gasteiger partial charge in [-0.1, -0.05) is 26.8 Å². The number of rotatable bonds is 9. The molecule has 1 rings (SSSR count). The van der Waals surface area contributed by atoms with Gasteiger partial charge in [-0.3, -0.25) is 10.1 Å². The van der Waals surface area contributed by atoms with Crippen molar-refractivity contribution in [2.45, 2.75) is 40.0 Å². The molecule has 0 aliphatic heterocycles. The molecule has 1 aromatic carbocycles. The number of nitrogens with one attached hydrogen (secondary N) is 2. The first-order chi connectivity index (χ1) is 9.56. The minimum absolute atomic E-state index is 0.144. The molecule has 0 heterocycles. The van der Waals surface area contributed by atoms with E-state index in [-0.39, 0.29) is 10.6 Å². The number of nitro groups is 1. The van der Waals surface area contributed by atoms with Gasteiger partial charge in [0.2, 0.25) is 0 Å². The second-order valence-electron chi connectivity index (χ2n) is 5.35. The van der Waals surface area contributed by atoms with Crippen molar-refractivity contribution < 1.29 is 4.92 Å². The molecular weight excluding hydrogens is 254 g/mol. The average molecular weight is 279 g/mol. The fraction of sp³-hybridized carbons (Fsp3) is 0.600. The second kappa shape index (κ2) is 8.40. The van der Waals surface area contributed by atoms with Crippen LogP contribution in [0.1, 0.15) is 40.0 Å². The zero-order valence-corrected chi connectivity index (χ0v) is 12.6. The van der Waals surface area contributed by atoms with Crippen molar-refractivity contribution in [2.75, 3.05) is 23.7 Å². The summed E-state index contributed by atoms with van der Waals surface area (Å²) in [6.07, 6.45) is 3.07. The minimum atomic E-state index is -0.317. The van der Waals surface area contributed by atoms with Gasteiger partial charge >= 0.3 is 5.69 Å². The van der Waals surface area contributed by atoms with Crippen LogP contribution in [0.5, 0.6) is 0 Å². The van der Waals surface area contributed by atoms with Gasteiger partial charge in [-0.15, -0.1) is 0 Å². The lowest BCUT2D eigenvalue weighted by Gasteiger charge is -2.11. The lowest BCUT2D eigenvalue weighted by Crippen LogP contribution is -2.08. The molecule has 2 N–H and O–H groups in total. The first kappa shape index (κ1) is 16.3. The third-order valence-corrected chi connectivity index (χ3v) is 3.06. The number of hydrogen-bond donors (Lipinski definition) is 2. The number of hydrogen-bond acceptors (Lipinski definition) is 4. The van der Waals surface area contributed by atoms with Gasteiger partial charge in [-0.2, -0.15) is 0 Å². The van der Waals surface area contributed by atoms with Gasteiger partial charge in [-0.25, -0.2) is 0 Å². The molecule has 0 spiro atoms. The Morgan fingerprint density at radius 2 is 1.80 bits per heavy atom. The Morgan fingerprint density at radius 1 is 1.20 bits per heavy atom. The van der Waals surface area contributed by atoms with Crippen molar-refractivity contribution in [3.8, 4) is 0 Å². The number of nitro benzene ring substituents is 1. The predicted molar refractivity (Wildman–Crippen MR) is 84.4 cm³/mol. The van der Waals surface area contributed by atoms with Crippen LogP contribution in [0, 0.1) is 16.0 Å². The Labute approximate surface area is 120 Å². The molecule has 0 radical (unpaired) electrons. The van der Waals surface area contributed by atoms with Crippen molar-refractivity contribution in [2.24, 2.45) is 5.92 Å². The summed E-state index contributed by atoms with van der Waals surface area (Å²) in [5.74, 6) is 0.657. The van der Waals surface area contributed by atoms with Crippen molar-refractivity contribution in [3.63, 3.8) is 0 Å². The summed E-state index contributed by atoms with van der Waals surface area (Å²) < 4.78 is 0. The molecular formula is C15H25N3O2. The van der Waals surface area contributed by atoms with E-state index in [9.17, 15) is 10.1 Å². The fourth-order valence-corrected chi connectivity index (χ4v) is 2.02. The predicted octanol–water partition coefficient (Wildman–Crippen LogP) is 4.26. The van der Waals surface area contributed by atoms with E-state index in [1.807, 2.05) is 13.0 Å². The molecule has 0 fully saturated rings. The first-order valence-electron chi connectivity index (χ1n) is 7.31. The molecule has 0 bridgehead atoms. The number of nitrogens with zero attached hydrogens (tertiary/aromatic N) is 1. The molecule has 0 aromatic heterocycles. The lowest BCUT2D eigenvalue weighted by molar-refractivity contribution is -0.383. The third kappa shape index (κ3) is 5.07. The standard InChI is InChI=1S/C15H25N3O2/c1-4-10-16-13-8-5-9-14(15(13)18(19)20)17-11-6-7-12(2)3/h5,8-9,12,16-17H,4,6-7,10-11H2,1-3H3. The van der Waals surface area contributed by atoms with Crippen LogP contribution in [0.3, 0.4) is 0 Å². The van der Waals surface area contributed by atoms with E-state index >= 15 is 0 Å². The molecule has 0 saturated carbocycles. The van der Waals surface area contributed by atoms with E-state index in [1.165, 1.54) is 0 Å². The van der Waals surface area contributed by atoms with Crippen LogP contribution in [-0.4, -0.2) is 18.0 Å². The van der Waals surface area contributed by atoms with Crippen molar-refractivity contribution in [1.29, 1.82) is 0 Å². The number of benzene rings is 1. The van der Waals surface area contributed by atoms with Crippen LogP contribution in [0.15, 0.2) is 18.2 Å². The second-order valence-corrected chi connectivity index (χ2v) is 5.35. The van der Waals surface area contributed by atoms with Gasteiger partial charge in [0.05, 0.1) is 4.92 Å². The van der Waals surface area contributed by atoms with Crippen LogP contribution < -0.4 is 10.6 Å². The molecule has 0 saturated heterocycles. The van der Waals surface area contributed by atoms with Crippen molar-refractivity contribution >= 4 is 17.1 Å². The molecule has 0 amide bonds. The third-order valence-electron chi connectivity index (χ3n) is 3.06. The lowest BCUT2D eigenvalue weighted by atomic mass is 10.1. The van der Waals surface area contributed by atoms with Gasteiger partial charge in [0.25, 0.3) is 0 Å². The highest BCUT2D eigenvalue weighted by atomic mass is 16.6. The van der Waals surface area contributed by atoms with E-state index < -0.39 is 0 Å². The van der Waals surface area contributed by atoms with Gasteiger partial charge < -0.3 is 10.6 Å². The van der Waals surface area contributed by atoms with Gasteiger partial charge in [0, 0.05) is 13.1 Å². The molecule has 5 nitrogen and oxygen atoms in total. The summed E-state index contributed by atoms with van der Waals surface area (Å²) in [5.41, 5.74) is 1.33. The zero-order valence-electron chi connectivity index (χ0n) is 12.6. The Morgan fingerprint density at radius 3 is 2.30 bits per heavy atom. The molecule has 0 atom stereocenters. The fourth-order valence-electron chi connectivity index (χ4n) is 2.02. The summed E-state index contributed by atoms with van der Waals surface area (Å²) in [4.78, 5) is 11.0. The maximum atomic E-state index is 11.3. The van der Waals surface area contributed by atoms with Gasteiger partial charge in [0.15, 0.2) is 0 Å². The Balaban J connectivity index is 2.76. The quantitative estimate of drug-likeness (QED) is 0.402. The zero-order chi connectivity index (χ0) is 15.0. The Kier molecular flexibility index (Phi) is 6.84. The number of anilines is 2. The highest BCUT2D eigenvalue weighted by molar-refractivity contribution is 5.76. The SMILES string of the molecule is CCCNc1cccc(NCCCC(C)C)c1[N+](=O)[O-]. The van der Waals surface area contributed by atoms with Crippen molar-refractivity contribution in [3.05, 3.63) is 28.3 Å². The Hall–Kier alpha value is -1.78. The minimum Gasteiger partial charge on any atom is -0.379 e. The van der Waals surface area contributed by atoms with E-state index in [0.29, 0.717) is 17.3 Å². The average Bonchev–Trinajstić information content (AvgIpc) is 2.40. The summed E-state index contributed by atoms with van der Waals surface area (Å²) in [6.45, 7) is 7.89. The van der Waals surface area contributed by atoms with E-state index in [4.69, 9.17) is 0 Å². The van der Waals surface area contributed by atoms with E-state index in [0.717, 1.165) is 32.4 Å². The Bertz CT molecular complexity index is 433. The van der Waals surface area contributed by atoms with Crippen LogP contribution in [0.2, 0.25) is 0 Å². The highest BCUT2D eigenvalue weighted by Gasteiger charge is 2.18.